The van der Waals surface area contributed by atoms with Gasteiger partial charge in [0, 0.05) is 24.2 Å². The summed E-state index contributed by atoms with van der Waals surface area (Å²) in [4.78, 5) is 2.58. The van der Waals surface area contributed by atoms with Gasteiger partial charge in [-0.25, -0.2) is 0 Å². The van der Waals surface area contributed by atoms with Crippen LogP contribution in [0, 0.1) is 11.8 Å². The Kier molecular flexibility index (Phi) is 5.28. The van der Waals surface area contributed by atoms with Crippen LogP contribution in [0.5, 0.6) is 5.75 Å². The normalized spacial score (nSPS) is 29.9. The van der Waals surface area contributed by atoms with Gasteiger partial charge in [-0.3, -0.25) is 4.90 Å². The summed E-state index contributed by atoms with van der Waals surface area (Å²) in [7, 11) is 1.74. The number of para-hydroxylation sites is 1. The zero-order valence-corrected chi connectivity index (χ0v) is 14.0. The van der Waals surface area contributed by atoms with Crippen molar-refractivity contribution in [2.24, 2.45) is 17.6 Å². The third-order valence-corrected chi connectivity index (χ3v) is 4.96. The molecule has 3 nitrogen and oxygen atoms in total. The van der Waals surface area contributed by atoms with Crippen LogP contribution >= 0.6 is 0 Å². The van der Waals surface area contributed by atoms with Crippen molar-refractivity contribution in [2.75, 3.05) is 13.7 Å². The minimum Gasteiger partial charge on any atom is -0.496 e. The Morgan fingerprint density at radius 1 is 1.24 bits per heavy atom. The molecule has 0 radical (unpaired) electrons. The molecule has 2 rings (SSSR count). The smallest absolute Gasteiger partial charge is 0.123 e. The second-order valence-corrected chi connectivity index (χ2v) is 6.80. The topological polar surface area (TPSA) is 38.5 Å². The van der Waals surface area contributed by atoms with Crippen LogP contribution in [0.25, 0.3) is 0 Å². The number of likely N-dealkylation sites (tertiary alicyclic amines) is 1. The zero-order valence-electron chi connectivity index (χ0n) is 14.0. The molecule has 5 atom stereocenters. The van der Waals surface area contributed by atoms with E-state index in [4.69, 9.17) is 10.5 Å². The standard InChI is InChI=1S/C18H30N2O/c1-12-10-13(2)15(4)20(11-12)18(14(3)19)16-8-6-7-9-17(16)21-5/h6-9,12-15,18H,10-11,19H2,1-5H3. The van der Waals surface area contributed by atoms with Gasteiger partial charge in [-0.15, -0.1) is 0 Å². The number of hydrogen-bond acceptors (Lipinski definition) is 3. The molecule has 1 heterocycles. The molecule has 118 valence electrons. The summed E-state index contributed by atoms with van der Waals surface area (Å²) in [5, 5.41) is 0. The van der Waals surface area contributed by atoms with Crippen molar-refractivity contribution in [1.82, 2.24) is 4.90 Å². The lowest BCUT2D eigenvalue weighted by Gasteiger charge is -2.47. The molecule has 0 aliphatic carbocycles. The van der Waals surface area contributed by atoms with Crippen LogP contribution in [0.4, 0.5) is 0 Å². The quantitative estimate of drug-likeness (QED) is 0.923. The van der Waals surface area contributed by atoms with Gasteiger partial charge in [-0.1, -0.05) is 32.0 Å². The van der Waals surface area contributed by atoms with Gasteiger partial charge in [0.25, 0.3) is 0 Å². The molecule has 0 saturated carbocycles. The molecular weight excluding hydrogens is 260 g/mol. The lowest BCUT2D eigenvalue weighted by atomic mass is 9.83. The molecule has 1 aliphatic rings. The summed E-state index contributed by atoms with van der Waals surface area (Å²) in [6.45, 7) is 10.2. The van der Waals surface area contributed by atoms with Crippen molar-refractivity contribution in [2.45, 2.75) is 52.2 Å². The second-order valence-electron chi connectivity index (χ2n) is 6.80. The first-order chi connectivity index (χ1) is 9.95. The highest BCUT2D eigenvalue weighted by Crippen LogP contribution is 2.38. The molecule has 1 aromatic rings. The Hall–Kier alpha value is -1.06. The van der Waals surface area contributed by atoms with Crippen LogP contribution in [-0.2, 0) is 0 Å². The van der Waals surface area contributed by atoms with Crippen LogP contribution in [0.15, 0.2) is 24.3 Å². The van der Waals surface area contributed by atoms with E-state index in [1.54, 1.807) is 7.11 Å². The molecule has 0 bridgehead atoms. The Bertz CT molecular complexity index is 460. The van der Waals surface area contributed by atoms with Gasteiger partial charge in [0.2, 0.25) is 0 Å². The molecule has 1 aromatic carbocycles. The van der Waals surface area contributed by atoms with E-state index < -0.39 is 0 Å². The largest absolute Gasteiger partial charge is 0.496 e. The number of piperidine rings is 1. The summed E-state index contributed by atoms with van der Waals surface area (Å²) in [6.07, 6.45) is 1.30. The zero-order chi connectivity index (χ0) is 15.6. The van der Waals surface area contributed by atoms with E-state index in [2.05, 4.69) is 44.7 Å². The van der Waals surface area contributed by atoms with E-state index in [-0.39, 0.29) is 12.1 Å². The van der Waals surface area contributed by atoms with E-state index in [9.17, 15) is 0 Å². The minimum absolute atomic E-state index is 0.0706. The Morgan fingerprint density at radius 3 is 2.52 bits per heavy atom. The summed E-state index contributed by atoms with van der Waals surface area (Å²) in [5.74, 6) is 2.36. The summed E-state index contributed by atoms with van der Waals surface area (Å²) in [5.41, 5.74) is 7.59. The third kappa shape index (κ3) is 3.41. The SMILES string of the molecule is COc1ccccc1C(C(C)N)N1CC(C)CC(C)C1C. The van der Waals surface area contributed by atoms with Gasteiger partial charge in [0.05, 0.1) is 13.2 Å². The first-order valence-electron chi connectivity index (χ1n) is 8.10. The van der Waals surface area contributed by atoms with E-state index in [0.717, 1.165) is 12.3 Å². The van der Waals surface area contributed by atoms with E-state index in [1.165, 1.54) is 12.0 Å². The highest BCUT2D eigenvalue weighted by molar-refractivity contribution is 5.37. The van der Waals surface area contributed by atoms with Gasteiger partial charge in [-0.05, 0) is 38.2 Å². The number of nitrogens with two attached hydrogens (primary N) is 1. The van der Waals surface area contributed by atoms with Gasteiger partial charge < -0.3 is 10.5 Å². The number of rotatable bonds is 4. The number of hydrogen-bond donors (Lipinski definition) is 1. The molecule has 1 fully saturated rings. The molecule has 1 saturated heterocycles. The van der Waals surface area contributed by atoms with Crippen molar-refractivity contribution in [3.05, 3.63) is 29.8 Å². The lowest BCUT2D eigenvalue weighted by molar-refractivity contribution is 0.0306. The molecule has 0 aromatic heterocycles. The highest BCUT2D eigenvalue weighted by atomic mass is 16.5. The van der Waals surface area contributed by atoms with Crippen molar-refractivity contribution < 1.29 is 4.74 Å². The average molecular weight is 290 g/mol. The number of ether oxygens (including phenoxy) is 1. The molecule has 3 heteroatoms. The maximum Gasteiger partial charge on any atom is 0.123 e. The first-order valence-corrected chi connectivity index (χ1v) is 8.10. The van der Waals surface area contributed by atoms with Crippen LogP contribution in [0.2, 0.25) is 0 Å². The fraction of sp³-hybridized carbons (Fsp3) is 0.667. The molecule has 2 N–H and O–H groups in total. The Labute approximate surface area is 129 Å². The van der Waals surface area contributed by atoms with Gasteiger partial charge >= 0.3 is 0 Å². The van der Waals surface area contributed by atoms with Crippen molar-refractivity contribution in [1.29, 1.82) is 0 Å². The molecule has 5 unspecified atom stereocenters. The minimum atomic E-state index is 0.0706. The lowest BCUT2D eigenvalue weighted by Crippen LogP contribution is -2.51. The first kappa shape index (κ1) is 16.3. The monoisotopic (exact) mass is 290 g/mol. The van der Waals surface area contributed by atoms with Crippen LogP contribution in [0.1, 0.15) is 45.7 Å². The predicted molar refractivity (Wildman–Crippen MR) is 88.5 cm³/mol. The summed E-state index contributed by atoms with van der Waals surface area (Å²) in [6, 6.07) is 9.11. The van der Waals surface area contributed by atoms with E-state index in [1.807, 2.05) is 12.1 Å². The third-order valence-electron chi connectivity index (χ3n) is 4.96. The fourth-order valence-electron chi connectivity index (χ4n) is 3.80. The van der Waals surface area contributed by atoms with Gasteiger partial charge in [-0.2, -0.15) is 0 Å². The van der Waals surface area contributed by atoms with Crippen molar-refractivity contribution >= 4 is 0 Å². The van der Waals surface area contributed by atoms with Gasteiger partial charge in [0.1, 0.15) is 5.75 Å². The second kappa shape index (κ2) is 6.80. The van der Waals surface area contributed by atoms with Crippen molar-refractivity contribution in [3.63, 3.8) is 0 Å². The number of nitrogens with zero attached hydrogens (tertiary/aromatic N) is 1. The summed E-state index contributed by atoms with van der Waals surface area (Å²) < 4.78 is 5.57. The average Bonchev–Trinajstić information content (AvgIpc) is 2.44. The highest BCUT2D eigenvalue weighted by Gasteiger charge is 2.36. The van der Waals surface area contributed by atoms with E-state index >= 15 is 0 Å². The van der Waals surface area contributed by atoms with Crippen LogP contribution in [-0.4, -0.2) is 30.6 Å². The fourth-order valence-corrected chi connectivity index (χ4v) is 3.80. The molecule has 0 spiro atoms. The summed E-state index contributed by atoms with van der Waals surface area (Å²) >= 11 is 0. The molecular formula is C18H30N2O. The number of benzene rings is 1. The van der Waals surface area contributed by atoms with Crippen molar-refractivity contribution in [3.8, 4) is 5.75 Å². The van der Waals surface area contributed by atoms with Crippen LogP contribution < -0.4 is 10.5 Å². The van der Waals surface area contributed by atoms with Gasteiger partial charge in [0.15, 0.2) is 0 Å². The molecule has 21 heavy (non-hydrogen) atoms. The maximum absolute atomic E-state index is 6.38. The molecule has 1 aliphatic heterocycles. The van der Waals surface area contributed by atoms with Crippen LogP contribution in [0.3, 0.4) is 0 Å². The molecule has 0 amide bonds. The number of methoxy groups -OCH3 is 1. The Balaban J connectivity index is 2.38. The predicted octanol–water partition coefficient (Wildman–Crippen LogP) is 3.45. The van der Waals surface area contributed by atoms with E-state index in [0.29, 0.717) is 17.9 Å². The maximum atomic E-state index is 6.38. The Morgan fingerprint density at radius 2 is 1.90 bits per heavy atom.